The molecule has 2 aromatic rings. The molecule has 4 nitrogen and oxygen atoms in total. The van der Waals surface area contributed by atoms with Crippen molar-refractivity contribution in [2.45, 2.75) is 0 Å². The van der Waals surface area contributed by atoms with Crippen molar-refractivity contribution in [3.05, 3.63) is 57.7 Å². The zero-order valence-corrected chi connectivity index (χ0v) is 10.4. The van der Waals surface area contributed by atoms with Crippen LogP contribution in [0, 0.1) is 23.3 Å². The summed E-state index contributed by atoms with van der Waals surface area (Å²) in [6.45, 7) is 0. The number of aromatic hydroxyl groups is 2. The zero-order chi connectivity index (χ0) is 16.3. The third-order valence-corrected chi connectivity index (χ3v) is 3.35. The molecule has 0 fully saturated rings. The van der Waals surface area contributed by atoms with E-state index < -0.39 is 68.6 Å². The predicted octanol–water partition coefficient (Wildman–Crippen LogP) is 2.43. The van der Waals surface area contributed by atoms with Crippen LogP contribution in [0.1, 0.15) is 31.8 Å². The molecule has 0 bridgehead atoms. The van der Waals surface area contributed by atoms with E-state index in [1.807, 2.05) is 0 Å². The van der Waals surface area contributed by atoms with Crippen molar-refractivity contribution >= 4 is 11.6 Å². The van der Waals surface area contributed by atoms with Crippen molar-refractivity contribution in [1.82, 2.24) is 0 Å². The number of phenols is 2. The number of carbonyl (C=O) groups is 2. The Balaban J connectivity index is 2.47. The maximum Gasteiger partial charge on any atom is 0.205 e. The summed E-state index contributed by atoms with van der Waals surface area (Å²) < 4.78 is 53.8. The molecule has 0 spiro atoms. The Labute approximate surface area is 119 Å². The number of ketones is 2. The summed E-state index contributed by atoms with van der Waals surface area (Å²) in [7, 11) is 0. The van der Waals surface area contributed by atoms with Gasteiger partial charge in [0.25, 0.3) is 0 Å². The third-order valence-electron chi connectivity index (χ3n) is 3.35. The highest BCUT2D eigenvalue weighted by molar-refractivity contribution is 6.30. The molecule has 0 unspecified atom stereocenters. The molecule has 0 atom stereocenters. The number of hydrogen-bond donors (Lipinski definition) is 2. The Kier molecular flexibility index (Phi) is 2.74. The van der Waals surface area contributed by atoms with Gasteiger partial charge in [-0.1, -0.05) is 0 Å². The Morgan fingerprint density at radius 3 is 1.73 bits per heavy atom. The molecule has 1 aliphatic rings. The molecule has 0 heterocycles. The van der Waals surface area contributed by atoms with E-state index in [4.69, 9.17) is 0 Å². The Morgan fingerprint density at radius 1 is 0.682 bits per heavy atom. The van der Waals surface area contributed by atoms with Crippen LogP contribution in [0.5, 0.6) is 11.5 Å². The first kappa shape index (κ1) is 14.1. The van der Waals surface area contributed by atoms with Crippen molar-refractivity contribution in [1.29, 1.82) is 0 Å². The number of phenolic OH excluding ortho intramolecular Hbond substituents is 2. The molecule has 0 amide bonds. The zero-order valence-electron chi connectivity index (χ0n) is 10.4. The summed E-state index contributed by atoms with van der Waals surface area (Å²) in [5, 5.41) is 19.0. The third kappa shape index (κ3) is 1.51. The molecular weight excluding hydrogens is 308 g/mol. The average Bonchev–Trinajstić information content (AvgIpc) is 2.49. The second-order valence-corrected chi connectivity index (χ2v) is 4.52. The van der Waals surface area contributed by atoms with Crippen LogP contribution in [-0.4, -0.2) is 21.8 Å². The van der Waals surface area contributed by atoms with Crippen LogP contribution in [0.4, 0.5) is 17.6 Å². The lowest BCUT2D eigenvalue weighted by atomic mass is 9.82. The number of rotatable bonds is 0. The standard InChI is InChI=1S/C14H4F4O4/c15-4-2-1-3-5(8(4)16)12(20)7-6(11(3)19)13(21)9(17)10(18)14(7)22/h1-2,21-22H. The van der Waals surface area contributed by atoms with Crippen LogP contribution < -0.4 is 0 Å². The van der Waals surface area contributed by atoms with Crippen molar-refractivity contribution in [3.63, 3.8) is 0 Å². The van der Waals surface area contributed by atoms with Gasteiger partial charge in [-0.25, -0.2) is 8.78 Å². The van der Waals surface area contributed by atoms with Gasteiger partial charge in [-0.3, -0.25) is 9.59 Å². The minimum atomic E-state index is -1.97. The Morgan fingerprint density at radius 2 is 1.18 bits per heavy atom. The first-order chi connectivity index (χ1) is 10.3. The second-order valence-electron chi connectivity index (χ2n) is 4.52. The summed E-state index contributed by atoms with van der Waals surface area (Å²) >= 11 is 0. The molecule has 3 rings (SSSR count). The molecule has 0 aromatic heterocycles. The van der Waals surface area contributed by atoms with E-state index in [9.17, 15) is 37.4 Å². The van der Waals surface area contributed by atoms with Gasteiger partial charge in [0.2, 0.25) is 17.4 Å². The van der Waals surface area contributed by atoms with E-state index in [0.717, 1.165) is 6.07 Å². The molecule has 22 heavy (non-hydrogen) atoms. The van der Waals surface area contributed by atoms with Gasteiger partial charge in [-0.15, -0.1) is 0 Å². The average molecular weight is 312 g/mol. The first-order valence-corrected chi connectivity index (χ1v) is 5.77. The molecule has 0 aliphatic heterocycles. The van der Waals surface area contributed by atoms with E-state index in [-0.39, 0.29) is 0 Å². The van der Waals surface area contributed by atoms with E-state index in [1.54, 1.807) is 0 Å². The molecule has 112 valence electrons. The molecule has 0 saturated carbocycles. The maximum atomic E-state index is 13.8. The topological polar surface area (TPSA) is 74.6 Å². The molecule has 0 radical (unpaired) electrons. The lowest BCUT2D eigenvalue weighted by molar-refractivity contribution is 0.0968. The van der Waals surface area contributed by atoms with E-state index in [1.165, 1.54) is 0 Å². The Hall–Kier alpha value is -2.90. The van der Waals surface area contributed by atoms with E-state index in [2.05, 4.69) is 0 Å². The van der Waals surface area contributed by atoms with Crippen LogP contribution in [-0.2, 0) is 0 Å². The minimum absolute atomic E-state index is 0.571. The van der Waals surface area contributed by atoms with Gasteiger partial charge in [0.05, 0.1) is 16.7 Å². The molecule has 2 N–H and O–H groups in total. The monoisotopic (exact) mass is 312 g/mol. The number of benzene rings is 2. The van der Waals surface area contributed by atoms with Gasteiger partial charge in [0.15, 0.2) is 28.9 Å². The minimum Gasteiger partial charge on any atom is -0.504 e. The lowest BCUT2D eigenvalue weighted by Gasteiger charge is -2.20. The van der Waals surface area contributed by atoms with Gasteiger partial charge in [0.1, 0.15) is 0 Å². The van der Waals surface area contributed by atoms with E-state index in [0.29, 0.717) is 6.07 Å². The molecule has 2 aromatic carbocycles. The largest absolute Gasteiger partial charge is 0.504 e. The predicted molar refractivity (Wildman–Crippen MR) is 62.9 cm³/mol. The highest BCUT2D eigenvalue weighted by atomic mass is 19.2. The summed E-state index contributed by atoms with van der Waals surface area (Å²) in [4.78, 5) is 24.3. The van der Waals surface area contributed by atoms with Crippen molar-refractivity contribution in [3.8, 4) is 11.5 Å². The van der Waals surface area contributed by atoms with Gasteiger partial charge in [0, 0.05) is 5.56 Å². The normalized spacial score (nSPS) is 13.1. The van der Waals surface area contributed by atoms with E-state index >= 15 is 0 Å². The quantitative estimate of drug-likeness (QED) is 0.494. The fourth-order valence-electron chi connectivity index (χ4n) is 2.33. The van der Waals surface area contributed by atoms with Crippen LogP contribution in [0.25, 0.3) is 0 Å². The summed E-state index contributed by atoms with van der Waals surface area (Å²) in [6.07, 6.45) is 0. The van der Waals surface area contributed by atoms with Gasteiger partial charge in [-0.05, 0) is 12.1 Å². The van der Waals surface area contributed by atoms with Gasteiger partial charge < -0.3 is 10.2 Å². The smallest absolute Gasteiger partial charge is 0.205 e. The maximum absolute atomic E-state index is 13.8. The first-order valence-electron chi connectivity index (χ1n) is 5.77. The molecule has 8 heteroatoms. The fourth-order valence-corrected chi connectivity index (χ4v) is 2.33. The number of carbonyl (C=O) groups excluding carboxylic acids is 2. The summed E-state index contributed by atoms with van der Waals surface area (Å²) in [6, 6.07) is 1.34. The lowest BCUT2D eigenvalue weighted by Crippen LogP contribution is -2.24. The highest BCUT2D eigenvalue weighted by Crippen LogP contribution is 2.41. The number of fused-ring (bicyclic) bond motifs is 2. The number of halogens is 4. The molecule has 1 aliphatic carbocycles. The van der Waals surface area contributed by atoms with Crippen molar-refractivity contribution < 1.29 is 37.4 Å². The highest BCUT2D eigenvalue weighted by Gasteiger charge is 2.40. The summed E-state index contributed by atoms with van der Waals surface area (Å²) in [5.74, 6) is -12.7. The van der Waals surface area contributed by atoms with Crippen molar-refractivity contribution in [2.24, 2.45) is 0 Å². The Bertz CT molecular complexity index is 889. The van der Waals surface area contributed by atoms with Crippen LogP contribution in [0.2, 0.25) is 0 Å². The van der Waals surface area contributed by atoms with Crippen LogP contribution in [0.3, 0.4) is 0 Å². The van der Waals surface area contributed by atoms with Gasteiger partial charge in [-0.2, -0.15) is 8.78 Å². The van der Waals surface area contributed by atoms with Crippen LogP contribution >= 0.6 is 0 Å². The molecular formula is C14H4F4O4. The number of hydrogen-bond acceptors (Lipinski definition) is 4. The fraction of sp³-hybridized carbons (Fsp3) is 0. The van der Waals surface area contributed by atoms with Crippen molar-refractivity contribution in [2.75, 3.05) is 0 Å². The second kappa shape index (κ2) is 4.30. The van der Waals surface area contributed by atoms with Crippen LogP contribution in [0.15, 0.2) is 12.1 Å². The van der Waals surface area contributed by atoms with Gasteiger partial charge >= 0.3 is 0 Å². The molecule has 0 saturated heterocycles. The summed E-state index contributed by atoms with van der Waals surface area (Å²) in [5.41, 5.74) is -3.76. The SMILES string of the molecule is O=C1c2ccc(F)c(F)c2C(=O)c2c(O)c(F)c(F)c(O)c21.